The summed E-state index contributed by atoms with van der Waals surface area (Å²) in [5.41, 5.74) is 2.35. The minimum absolute atomic E-state index is 0.343. The van der Waals surface area contributed by atoms with Crippen molar-refractivity contribution < 1.29 is 0 Å². The van der Waals surface area contributed by atoms with Crippen LogP contribution in [0.2, 0.25) is 10.0 Å². The summed E-state index contributed by atoms with van der Waals surface area (Å²) in [7, 11) is 0. The molecule has 0 amide bonds. The molecule has 1 fully saturated rings. The van der Waals surface area contributed by atoms with E-state index in [2.05, 4.69) is 23.5 Å². The highest BCUT2D eigenvalue weighted by atomic mass is 35.5. The summed E-state index contributed by atoms with van der Waals surface area (Å²) in [6.07, 6.45) is 2.56. The third kappa shape index (κ3) is 3.23. The third-order valence-corrected chi connectivity index (χ3v) is 3.96. The molecule has 0 spiro atoms. The van der Waals surface area contributed by atoms with Crippen molar-refractivity contribution in [1.29, 1.82) is 0 Å². The highest BCUT2D eigenvalue weighted by molar-refractivity contribution is 6.31. The van der Waals surface area contributed by atoms with Gasteiger partial charge in [-0.15, -0.1) is 0 Å². The van der Waals surface area contributed by atoms with Crippen LogP contribution in [-0.4, -0.2) is 0 Å². The fourth-order valence-electron chi connectivity index (χ4n) is 2.33. The second kappa shape index (κ2) is 5.44. The number of hydrogen-bond acceptors (Lipinski definition) is 1. The van der Waals surface area contributed by atoms with Crippen molar-refractivity contribution in [2.75, 3.05) is 5.32 Å². The Morgan fingerprint density at radius 2 is 1.68 bits per heavy atom. The number of benzene rings is 2. The smallest absolute Gasteiger partial charge is 0.0542 e. The Labute approximate surface area is 123 Å². The van der Waals surface area contributed by atoms with Crippen molar-refractivity contribution in [2.24, 2.45) is 5.92 Å². The molecule has 1 saturated carbocycles. The molecule has 2 aromatic rings. The zero-order valence-electron chi connectivity index (χ0n) is 10.4. The Morgan fingerprint density at radius 1 is 0.947 bits per heavy atom. The quantitative estimate of drug-likeness (QED) is 0.778. The molecule has 1 aliphatic carbocycles. The van der Waals surface area contributed by atoms with E-state index in [9.17, 15) is 0 Å². The van der Waals surface area contributed by atoms with Gasteiger partial charge in [-0.3, -0.25) is 0 Å². The van der Waals surface area contributed by atoms with E-state index in [1.807, 2.05) is 30.3 Å². The van der Waals surface area contributed by atoms with Gasteiger partial charge in [0.1, 0.15) is 0 Å². The molecule has 19 heavy (non-hydrogen) atoms. The molecule has 3 rings (SSSR count). The van der Waals surface area contributed by atoms with Crippen LogP contribution in [0.3, 0.4) is 0 Å². The van der Waals surface area contributed by atoms with E-state index in [0.717, 1.165) is 15.7 Å². The molecule has 0 aliphatic heterocycles. The monoisotopic (exact) mass is 291 g/mol. The lowest BCUT2D eigenvalue weighted by atomic mass is 10.0. The first kappa shape index (κ1) is 12.8. The minimum Gasteiger partial charge on any atom is -0.378 e. The van der Waals surface area contributed by atoms with Gasteiger partial charge in [-0.2, -0.15) is 0 Å². The van der Waals surface area contributed by atoms with Gasteiger partial charge in [0.15, 0.2) is 0 Å². The van der Waals surface area contributed by atoms with Crippen LogP contribution in [0, 0.1) is 5.92 Å². The van der Waals surface area contributed by atoms with Crippen molar-refractivity contribution >= 4 is 28.9 Å². The molecule has 98 valence electrons. The van der Waals surface area contributed by atoms with Crippen LogP contribution in [0.4, 0.5) is 5.69 Å². The second-order valence-electron chi connectivity index (χ2n) is 5.02. The first-order valence-electron chi connectivity index (χ1n) is 6.50. The van der Waals surface area contributed by atoms with Crippen LogP contribution in [0.5, 0.6) is 0 Å². The zero-order valence-corrected chi connectivity index (χ0v) is 12.0. The van der Waals surface area contributed by atoms with Crippen LogP contribution in [0.1, 0.15) is 24.4 Å². The van der Waals surface area contributed by atoms with Crippen molar-refractivity contribution in [1.82, 2.24) is 0 Å². The molecule has 0 heterocycles. The van der Waals surface area contributed by atoms with Gasteiger partial charge in [-0.25, -0.2) is 0 Å². The average molecular weight is 292 g/mol. The van der Waals surface area contributed by atoms with Crippen molar-refractivity contribution in [3.63, 3.8) is 0 Å². The topological polar surface area (TPSA) is 12.0 Å². The van der Waals surface area contributed by atoms with Gasteiger partial charge in [0.2, 0.25) is 0 Å². The average Bonchev–Trinajstić information content (AvgIpc) is 3.22. The molecule has 1 unspecified atom stereocenters. The van der Waals surface area contributed by atoms with E-state index in [0.29, 0.717) is 12.0 Å². The van der Waals surface area contributed by atoms with Crippen LogP contribution in [0.25, 0.3) is 0 Å². The maximum atomic E-state index is 6.03. The van der Waals surface area contributed by atoms with Gasteiger partial charge >= 0.3 is 0 Å². The van der Waals surface area contributed by atoms with E-state index >= 15 is 0 Å². The molecule has 1 aliphatic rings. The highest BCUT2D eigenvalue weighted by Gasteiger charge is 2.32. The summed E-state index contributed by atoms with van der Waals surface area (Å²) in [6.45, 7) is 0. The first-order valence-corrected chi connectivity index (χ1v) is 7.25. The molecular formula is C16H15Cl2N. The number of anilines is 1. The molecule has 1 N–H and O–H groups in total. The lowest BCUT2D eigenvalue weighted by molar-refractivity contribution is 0.679. The molecule has 3 heteroatoms. The normalized spacial score (nSPS) is 16.1. The van der Waals surface area contributed by atoms with Crippen LogP contribution >= 0.6 is 23.2 Å². The van der Waals surface area contributed by atoms with E-state index in [1.54, 1.807) is 0 Å². The second-order valence-corrected chi connectivity index (χ2v) is 5.89. The van der Waals surface area contributed by atoms with Gasteiger partial charge in [0.05, 0.1) is 6.04 Å². The third-order valence-electron chi connectivity index (χ3n) is 3.47. The summed E-state index contributed by atoms with van der Waals surface area (Å²) < 4.78 is 0. The molecule has 0 aromatic heterocycles. The Morgan fingerprint density at radius 3 is 2.32 bits per heavy atom. The van der Waals surface area contributed by atoms with Gasteiger partial charge in [0.25, 0.3) is 0 Å². The Hall–Kier alpha value is -1.18. The van der Waals surface area contributed by atoms with Gasteiger partial charge in [-0.1, -0.05) is 41.4 Å². The van der Waals surface area contributed by atoms with Crippen LogP contribution in [-0.2, 0) is 0 Å². The minimum atomic E-state index is 0.343. The molecule has 2 aromatic carbocycles. The Kier molecular flexibility index (Phi) is 3.67. The maximum Gasteiger partial charge on any atom is 0.0542 e. The lowest BCUT2D eigenvalue weighted by Gasteiger charge is -2.20. The molecule has 0 bridgehead atoms. The first-order chi connectivity index (χ1) is 9.22. The predicted molar refractivity (Wildman–Crippen MR) is 82.0 cm³/mol. The van der Waals surface area contributed by atoms with Gasteiger partial charge in [-0.05, 0) is 54.7 Å². The highest BCUT2D eigenvalue weighted by Crippen LogP contribution is 2.43. The number of halogens is 2. The number of nitrogens with one attached hydrogen (secondary N) is 1. The lowest BCUT2D eigenvalue weighted by Crippen LogP contribution is -2.12. The van der Waals surface area contributed by atoms with Crippen molar-refractivity contribution in [3.05, 3.63) is 64.1 Å². The van der Waals surface area contributed by atoms with Gasteiger partial charge in [0, 0.05) is 15.7 Å². The fourth-order valence-corrected chi connectivity index (χ4v) is 2.65. The predicted octanol–water partition coefficient (Wildman–Crippen LogP) is 5.56. The fraction of sp³-hybridized carbons (Fsp3) is 0.250. The molecular weight excluding hydrogens is 277 g/mol. The molecule has 1 nitrogen and oxygen atoms in total. The van der Waals surface area contributed by atoms with Crippen molar-refractivity contribution in [2.45, 2.75) is 18.9 Å². The number of hydrogen-bond donors (Lipinski definition) is 1. The Balaban J connectivity index is 1.83. The molecule has 1 atom stereocenters. The summed E-state index contributed by atoms with van der Waals surface area (Å²) in [5, 5.41) is 5.13. The summed E-state index contributed by atoms with van der Waals surface area (Å²) in [6, 6.07) is 16.3. The zero-order chi connectivity index (χ0) is 13.2. The molecule has 0 saturated heterocycles. The van der Waals surface area contributed by atoms with E-state index in [-0.39, 0.29) is 0 Å². The summed E-state index contributed by atoms with van der Waals surface area (Å²) in [5.74, 6) is 0.708. The largest absolute Gasteiger partial charge is 0.378 e. The van der Waals surface area contributed by atoms with E-state index < -0.39 is 0 Å². The summed E-state index contributed by atoms with van der Waals surface area (Å²) >= 11 is 12.0. The van der Waals surface area contributed by atoms with E-state index in [1.165, 1.54) is 18.4 Å². The van der Waals surface area contributed by atoms with E-state index in [4.69, 9.17) is 23.2 Å². The standard InChI is InChI=1S/C16H15Cl2N/c17-13-8-6-12(7-9-13)16(11-4-5-11)19-15-3-1-2-14(18)10-15/h1-3,6-11,16,19H,4-5H2. The number of rotatable bonds is 4. The van der Waals surface area contributed by atoms with Crippen molar-refractivity contribution in [3.8, 4) is 0 Å². The SMILES string of the molecule is Clc1ccc(C(Nc2cccc(Cl)c2)C2CC2)cc1. The van der Waals surface area contributed by atoms with Gasteiger partial charge < -0.3 is 5.32 Å². The van der Waals surface area contributed by atoms with Crippen LogP contribution < -0.4 is 5.32 Å². The van der Waals surface area contributed by atoms with Crippen LogP contribution in [0.15, 0.2) is 48.5 Å². The maximum absolute atomic E-state index is 6.03. The summed E-state index contributed by atoms with van der Waals surface area (Å²) in [4.78, 5) is 0. The molecule has 0 radical (unpaired) electrons. The Bertz CT molecular complexity index is 561.